The molecule has 0 spiro atoms. The number of allylic oxidation sites excluding steroid dienone is 3. The van der Waals surface area contributed by atoms with Crippen molar-refractivity contribution in [1.82, 2.24) is 5.32 Å². The van der Waals surface area contributed by atoms with Crippen molar-refractivity contribution in [2.45, 2.75) is 268 Å². The fourth-order valence-electron chi connectivity index (χ4n) is 8.07. The van der Waals surface area contributed by atoms with Gasteiger partial charge in [-0.05, 0) is 32.1 Å². The van der Waals surface area contributed by atoms with Crippen molar-refractivity contribution >= 4 is 16.3 Å². The Labute approximate surface area is 383 Å². The maximum Gasteiger partial charge on any atom is 0.397 e. The van der Waals surface area contributed by atoms with Gasteiger partial charge < -0.3 is 40.3 Å². The van der Waals surface area contributed by atoms with Crippen LogP contribution in [0.4, 0.5) is 0 Å². The molecule has 372 valence electrons. The third-order valence-electron chi connectivity index (χ3n) is 12.1. The highest BCUT2D eigenvalue weighted by Crippen LogP contribution is 2.26. The number of hydrogen-bond acceptors (Lipinski definition) is 11. The van der Waals surface area contributed by atoms with Crippen LogP contribution in [0, 0.1) is 0 Å². The molecule has 0 aromatic rings. The number of amides is 1. The van der Waals surface area contributed by atoms with Crippen LogP contribution >= 0.6 is 0 Å². The number of carbonyl (C=O) groups excluding carboxylic acids is 1. The molecule has 0 radical (unpaired) electrons. The number of unbranched alkanes of at least 4 members (excludes halogenated alkanes) is 28. The summed E-state index contributed by atoms with van der Waals surface area (Å²) in [7, 11) is -5.12. The van der Waals surface area contributed by atoms with Gasteiger partial charge in [0.2, 0.25) is 5.91 Å². The highest BCUT2D eigenvalue weighted by atomic mass is 32.3. The molecule has 8 atom stereocenters. The maximum absolute atomic E-state index is 13.1. The average molecular weight is 920 g/mol. The van der Waals surface area contributed by atoms with Crippen molar-refractivity contribution in [2.24, 2.45) is 0 Å². The summed E-state index contributed by atoms with van der Waals surface area (Å²) in [6.45, 7) is 3.22. The van der Waals surface area contributed by atoms with Crippen LogP contribution in [-0.4, -0.2) is 107 Å². The van der Waals surface area contributed by atoms with Crippen molar-refractivity contribution in [2.75, 3.05) is 13.2 Å². The first-order chi connectivity index (χ1) is 30.4. The highest BCUT2D eigenvalue weighted by Gasteiger charge is 2.48. The van der Waals surface area contributed by atoms with Gasteiger partial charge in [-0.1, -0.05) is 212 Å². The average Bonchev–Trinajstić information content (AvgIpc) is 3.25. The Morgan fingerprint density at radius 1 is 0.635 bits per heavy atom. The van der Waals surface area contributed by atoms with Crippen molar-refractivity contribution in [3.63, 3.8) is 0 Å². The normalized spacial score (nSPS) is 21.0. The van der Waals surface area contributed by atoms with Crippen molar-refractivity contribution < 1.29 is 57.0 Å². The first kappa shape index (κ1) is 59.6. The number of ether oxygens (including phenoxy) is 2. The summed E-state index contributed by atoms with van der Waals surface area (Å²) < 4.78 is 47.6. The third-order valence-corrected chi connectivity index (χ3v) is 12.6. The van der Waals surface area contributed by atoms with E-state index in [9.17, 15) is 43.3 Å². The lowest BCUT2D eigenvalue weighted by atomic mass is 9.99. The molecule has 1 saturated heterocycles. The van der Waals surface area contributed by atoms with E-state index in [-0.39, 0.29) is 6.42 Å². The topological polar surface area (TPSA) is 212 Å². The highest BCUT2D eigenvalue weighted by molar-refractivity contribution is 7.80. The molecule has 0 aliphatic carbocycles. The second kappa shape index (κ2) is 39.7. The van der Waals surface area contributed by atoms with E-state index in [0.717, 1.165) is 38.5 Å². The lowest BCUT2D eigenvalue weighted by molar-refractivity contribution is -0.298. The van der Waals surface area contributed by atoms with Crippen LogP contribution in [0.25, 0.3) is 0 Å². The van der Waals surface area contributed by atoms with Crippen LogP contribution in [0.5, 0.6) is 0 Å². The van der Waals surface area contributed by atoms with Crippen molar-refractivity contribution in [3.8, 4) is 0 Å². The Morgan fingerprint density at radius 2 is 1.06 bits per heavy atom. The van der Waals surface area contributed by atoms with Gasteiger partial charge in [-0.15, -0.1) is 0 Å². The number of hydrogen-bond donors (Lipinski definition) is 7. The molecule has 8 unspecified atom stereocenters. The lowest BCUT2D eigenvalue weighted by Gasteiger charge is -2.41. The van der Waals surface area contributed by atoms with E-state index < -0.39 is 78.5 Å². The Morgan fingerprint density at radius 3 is 1.52 bits per heavy atom. The van der Waals surface area contributed by atoms with E-state index in [4.69, 9.17) is 9.47 Å². The number of rotatable bonds is 43. The molecule has 13 nitrogen and oxygen atoms in total. The molecular formula is C49H93NO12S. The zero-order valence-electron chi connectivity index (χ0n) is 39.5. The summed E-state index contributed by atoms with van der Waals surface area (Å²) in [5.41, 5.74) is 0. The van der Waals surface area contributed by atoms with E-state index in [2.05, 4.69) is 35.5 Å². The summed E-state index contributed by atoms with van der Waals surface area (Å²) in [4.78, 5) is 13.1. The molecular weight excluding hydrogens is 827 g/mol. The Kier molecular flexibility index (Phi) is 37.5. The van der Waals surface area contributed by atoms with E-state index >= 15 is 0 Å². The van der Waals surface area contributed by atoms with E-state index in [1.165, 1.54) is 154 Å². The van der Waals surface area contributed by atoms with Crippen LogP contribution < -0.4 is 5.32 Å². The fourth-order valence-corrected chi connectivity index (χ4v) is 8.57. The monoisotopic (exact) mass is 920 g/mol. The second-order valence-electron chi connectivity index (χ2n) is 17.9. The minimum atomic E-state index is -5.12. The first-order valence-corrected chi connectivity index (χ1v) is 26.7. The van der Waals surface area contributed by atoms with E-state index in [0.29, 0.717) is 12.8 Å². The summed E-state index contributed by atoms with van der Waals surface area (Å²) in [6.07, 6.45) is 34.1. The first-order valence-electron chi connectivity index (χ1n) is 25.3. The van der Waals surface area contributed by atoms with Gasteiger partial charge in [-0.2, -0.15) is 8.42 Å². The fraction of sp³-hybridized carbons (Fsp3) is 0.898. The predicted octanol–water partition coefficient (Wildman–Crippen LogP) is 9.47. The van der Waals surface area contributed by atoms with E-state index in [1.54, 1.807) is 6.08 Å². The standard InChI is InChI=1S/C49H93NO12S/c1-3-5-7-9-11-13-15-17-18-19-20-21-22-23-24-26-27-29-31-33-35-37-42(52)41(40-60-49-46(55)47(62-63(57,58)59)45(54)44(39-51)61-49)50-48(56)43(53)38-36-34-32-30-28-25-16-14-12-10-8-6-4-2/h27,29,35,37,41-47,49,51-55H,3-26,28,30-34,36,38-40H2,1-2H3,(H,50,56)(H,57,58,59)/b29-27+,37-35+. The molecule has 14 heteroatoms. The number of nitrogens with one attached hydrogen (secondary N) is 1. The van der Waals surface area contributed by atoms with Gasteiger partial charge >= 0.3 is 10.4 Å². The zero-order valence-corrected chi connectivity index (χ0v) is 40.3. The smallest absolute Gasteiger partial charge is 0.394 e. The Hall–Kier alpha value is -1.46. The molecule has 1 heterocycles. The van der Waals surface area contributed by atoms with Crippen LogP contribution in [0.3, 0.4) is 0 Å². The van der Waals surface area contributed by atoms with Crippen molar-refractivity contribution in [1.29, 1.82) is 0 Å². The SMILES string of the molecule is CCCCCCCCCCCCCCCCC/C=C/CC/C=C/C(O)C(COC1OC(CO)C(O)C(OS(=O)(=O)O)C1O)NC(=O)C(O)CCCCCCCCCCCCCCC. The molecule has 63 heavy (non-hydrogen) atoms. The molecule has 1 fully saturated rings. The van der Waals surface area contributed by atoms with Crippen LogP contribution in [0.15, 0.2) is 24.3 Å². The molecule has 0 aromatic heterocycles. The van der Waals surface area contributed by atoms with Crippen LogP contribution in [0.2, 0.25) is 0 Å². The Bertz CT molecular complexity index is 1240. The van der Waals surface area contributed by atoms with Gasteiger partial charge in [0.05, 0.1) is 25.4 Å². The number of carbonyl (C=O) groups is 1. The molecule has 1 aliphatic heterocycles. The van der Waals surface area contributed by atoms with Gasteiger partial charge in [0.25, 0.3) is 0 Å². The summed E-state index contributed by atoms with van der Waals surface area (Å²) in [5, 5.41) is 55.3. The minimum absolute atomic E-state index is 0.240. The molecule has 1 amide bonds. The quantitative estimate of drug-likeness (QED) is 0.0173. The number of aliphatic hydroxyl groups is 5. The van der Waals surface area contributed by atoms with Crippen LogP contribution in [0.1, 0.15) is 219 Å². The summed E-state index contributed by atoms with van der Waals surface area (Å²) in [5.74, 6) is -0.710. The Balaban J connectivity index is 2.54. The van der Waals surface area contributed by atoms with Gasteiger partial charge in [-0.3, -0.25) is 9.35 Å². The summed E-state index contributed by atoms with van der Waals surface area (Å²) >= 11 is 0. The minimum Gasteiger partial charge on any atom is -0.394 e. The van der Waals surface area contributed by atoms with Gasteiger partial charge in [-0.25, -0.2) is 4.18 Å². The zero-order chi connectivity index (χ0) is 46.4. The van der Waals surface area contributed by atoms with E-state index in [1.807, 2.05) is 0 Å². The molecule has 1 rings (SSSR count). The molecule has 0 bridgehead atoms. The molecule has 0 saturated carbocycles. The third kappa shape index (κ3) is 32.0. The van der Waals surface area contributed by atoms with Gasteiger partial charge in [0, 0.05) is 0 Å². The van der Waals surface area contributed by atoms with Gasteiger partial charge in [0.1, 0.15) is 30.5 Å². The second-order valence-corrected chi connectivity index (χ2v) is 18.9. The van der Waals surface area contributed by atoms with Crippen LogP contribution in [-0.2, 0) is 28.9 Å². The van der Waals surface area contributed by atoms with Crippen molar-refractivity contribution in [3.05, 3.63) is 24.3 Å². The van der Waals surface area contributed by atoms with Gasteiger partial charge in [0.15, 0.2) is 6.29 Å². The maximum atomic E-state index is 13.1. The lowest BCUT2D eigenvalue weighted by Crippen LogP contribution is -2.61. The molecule has 1 aliphatic rings. The summed E-state index contributed by atoms with van der Waals surface area (Å²) in [6, 6.07) is -1.13. The largest absolute Gasteiger partial charge is 0.397 e. The predicted molar refractivity (Wildman–Crippen MR) is 251 cm³/mol. The number of aliphatic hydroxyl groups excluding tert-OH is 5. The molecule has 0 aromatic carbocycles. The molecule has 7 N–H and O–H groups in total.